The predicted octanol–water partition coefficient (Wildman–Crippen LogP) is 3.32. The molecule has 0 N–H and O–H groups in total. The summed E-state index contributed by atoms with van der Waals surface area (Å²) in [5.74, 6) is -0.0263. The van der Waals surface area contributed by atoms with Gasteiger partial charge in [0.1, 0.15) is 10.7 Å². The van der Waals surface area contributed by atoms with Gasteiger partial charge >= 0.3 is 0 Å². The van der Waals surface area contributed by atoms with E-state index >= 15 is 0 Å². The summed E-state index contributed by atoms with van der Waals surface area (Å²) in [6.07, 6.45) is 0.0806. The van der Waals surface area contributed by atoms with Crippen LogP contribution in [0.25, 0.3) is 10.6 Å². The zero-order chi connectivity index (χ0) is 14.8. The average Bonchev–Trinajstić information content (AvgIpc) is 2.97. The molecule has 2 aromatic rings. The molecule has 1 aliphatic heterocycles. The molecule has 4 nitrogen and oxygen atoms in total. The second-order valence-corrected chi connectivity index (χ2v) is 6.27. The van der Waals surface area contributed by atoms with E-state index in [1.165, 1.54) is 11.3 Å². The Morgan fingerprint density at radius 3 is 2.90 bits per heavy atom. The van der Waals surface area contributed by atoms with Crippen LogP contribution in [0.4, 0.5) is 0 Å². The van der Waals surface area contributed by atoms with Crippen molar-refractivity contribution in [2.45, 2.75) is 13.0 Å². The number of benzene rings is 1. The van der Waals surface area contributed by atoms with Gasteiger partial charge in [0.25, 0.3) is 5.91 Å². The first-order valence-corrected chi connectivity index (χ1v) is 8.01. The Labute approximate surface area is 132 Å². The third-order valence-corrected chi connectivity index (χ3v) is 4.49. The number of carbonyl (C=O) groups excluding carboxylic acids is 1. The molecule has 1 saturated heterocycles. The summed E-state index contributed by atoms with van der Waals surface area (Å²) >= 11 is 7.35. The Balaban J connectivity index is 1.78. The molecule has 0 spiro atoms. The highest BCUT2D eigenvalue weighted by Gasteiger charge is 2.24. The molecule has 1 amide bonds. The van der Waals surface area contributed by atoms with Gasteiger partial charge in [-0.3, -0.25) is 4.79 Å². The van der Waals surface area contributed by atoms with E-state index in [0.29, 0.717) is 30.4 Å². The molecule has 110 valence electrons. The van der Waals surface area contributed by atoms with Gasteiger partial charge in [-0.2, -0.15) is 0 Å². The Hall–Kier alpha value is -1.43. The van der Waals surface area contributed by atoms with E-state index in [-0.39, 0.29) is 12.0 Å². The van der Waals surface area contributed by atoms with Gasteiger partial charge in [-0.05, 0) is 19.1 Å². The van der Waals surface area contributed by atoms with Crippen molar-refractivity contribution in [3.63, 3.8) is 0 Å². The van der Waals surface area contributed by atoms with E-state index in [4.69, 9.17) is 16.3 Å². The standard InChI is InChI=1S/C15H15ClN2O2S/c1-10-8-18(6-7-20-10)15(19)13-9-21-14(17-13)11-2-4-12(16)5-3-11/h2-5,9-10H,6-8H2,1H3/t10-/m0/s1. The molecule has 2 heterocycles. The average molecular weight is 323 g/mol. The van der Waals surface area contributed by atoms with Crippen molar-refractivity contribution in [2.24, 2.45) is 0 Å². The minimum Gasteiger partial charge on any atom is -0.375 e. The number of ether oxygens (including phenoxy) is 1. The highest BCUT2D eigenvalue weighted by Crippen LogP contribution is 2.25. The largest absolute Gasteiger partial charge is 0.375 e. The smallest absolute Gasteiger partial charge is 0.273 e. The van der Waals surface area contributed by atoms with Gasteiger partial charge in [-0.1, -0.05) is 23.7 Å². The molecule has 0 unspecified atom stereocenters. The van der Waals surface area contributed by atoms with E-state index < -0.39 is 0 Å². The van der Waals surface area contributed by atoms with E-state index in [1.807, 2.05) is 36.6 Å². The van der Waals surface area contributed by atoms with Crippen LogP contribution >= 0.6 is 22.9 Å². The van der Waals surface area contributed by atoms with Gasteiger partial charge < -0.3 is 9.64 Å². The third-order valence-electron chi connectivity index (χ3n) is 3.34. The van der Waals surface area contributed by atoms with Gasteiger partial charge in [0.05, 0.1) is 12.7 Å². The minimum atomic E-state index is -0.0263. The predicted molar refractivity (Wildman–Crippen MR) is 83.9 cm³/mol. The van der Waals surface area contributed by atoms with Crippen LogP contribution in [0.2, 0.25) is 5.02 Å². The monoisotopic (exact) mass is 322 g/mol. The summed E-state index contributed by atoms with van der Waals surface area (Å²) in [6.45, 7) is 3.80. The van der Waals surface area contributed by atoms with Crippen molar-refractivity contribution in [1.29, 1.82) is 0 Å². The van der Waals surface area contributed by atoms with E-state index in [9.17, 15) is 4.79 Å². The maximum atomic E-state index is 12.4. The molecule has 1 aromatic carbocycles. The number of nitrogens with zero attached hydrogens (tertiary/aromatic N) is 2. The summed E-state index contributed by atoms with van der Waals surface area (Å²) in [5.41, 5.74) is 1.47. The molecule has 0 bridgehead atoms. The highest BCUT2D eigenvalue weighted by molar-refractivity contribution is 7.13. The summed E-state index contributed by atoms with van der Waals surface area (Å²) in [5, 5.41) is 3.33. The summed E-state index contributed by atoms with van der Waals surface area (Å²) in [7, 11) is 0. The highest BCUT2D eigenvalue weighted by atomic mass is 35.5. The van der Waals surface area contributed by atoms with Crippen molar-refractivity contribution in [3.8, 4) is 10.6 Å². The van der Waals surface area contributed by atoms with Gasteiger partial charge in [-0.15, -0.1) is 11.3 Å². The minimum absolute atomic E-state index is 0.0263. The SMILES string of the molecule is C[C@H]1CN(C(=O)c2csc(-c3ccc(Cl)cc3)n2)CCO1. The maximum Gasteiger partial charge on any atom is 0.273 e. The Bertz CT molecular complexity index is 641. The Morgan fingerprint density at radius 1 is 1.43 bits per heavy atom. The van der Waals surface area contributed by atoms with Crippen LogP contribution in [-0.2, 0) is 4.74 Å². The van der Waals surface area contributed by atoms with E-state index in [0.717, 1.165) is 10.6 Å². The van der Waals surface area contributed by atoms with Crippen molar-refractivity contribution in [1.82, 2.24) is 9.88 Å². The molecule has 0 radical (unpaired) electrons. The number of amides is 1. The van der Waals surface area contributed by atoms with Gasteiger partial charge in [0, 0.05) is 29.1 Å². The number of aromatic nitrogens is 1. The number of hydrogen-bond donors (Lipinski definition) is 0. The molecule has 21 heavy (non-hydrogen) atoms. The molecular weight excluding hydrogens is 308 g/mol. The second-order valence-electron chi connectivity index (χ2n) is 4.98. The summed E-state index contributed by atoms with van der Waals surface area (Å²) < 4.78 is 5.46. The number of hydrogen-bond acceptors (Lipinski definition) is 4. The quantitative estimate of drug-likeness (QED) is 0.851. The topological polar surface area (TPSA) is 42.4 Å². The van der Waals surface area contributed by atoms with E-state index in [1.54, 1.807) is 4.90 Å². The molecule has 0 saturated carbocycles. The molecule has 1 aromatic heterocycles. The zero-order valence-electron chi connectivity index (χ0n) is 11.6. The molecule has 1 atom stereocenters. The molecule has 1 fully saturated rings. The normalized spacial score (nSPS) is 18.8. The van der Waals surface area contributed by atoms with Gasteiger partial charge in [0.15, 0.2) is 0 Å². The molecule has 0 aliphatic carbocycles. The fourth-order valence-corrected chi connectivity index (χ4v) is 3.19. The van der Waals surface area contributed by atoms with Gasteiger partial charge in [0.2, 0.25) is 0 Å². The van der Waals surface area contributed by atoms with Crippen LogP contribution in [0, 0.1) is 0 Å². The fourth-order valence-electron chi connectivity index (χ4n) is 2.26. The lowest BCUT2D eigenvalue weighted by molar-refractivity contribution is -0.0126. The van der Waals surface area contributed by atoms with Crippen LogP contribution in [0.3, 0.4) is 0 Å². The summed E-state index contributed by atoms with van der Waals surface area (Å²) in [4.78, 5) is 18.7. The van der Waals surface area contributed by atoms with Crippen molar-refractivity contribution >= 4 is 28.8 Å². The summed E-state index contributed by atoms with van der Waals surface area (Å²) in [6, 6.07) is 7.46. The Kier molecular flexibility index (Phi) is 4.24. The number of carbonyl (C=O) groups is 1. The van der Waals surface area contributed by atoms with Gasteiger partial charge in [-0.25, -0.2) is 4.98 Å². The number of rotatable bonds is 2. The number of morpholine rings is 1. The zero-order valence-corrected chi connectivity index (χ0v) is 13.2. The second kappa shape index (κ2) is 6.13. The first-order chi connectivity index (χ1) is 10.1. The lowest BCUT2D eigenvalue weighted by atomic mass is 10.2. The van der Waals surface area contributed by atoms with Crippen molar-refractivity contribution in [2.75, 3.05) is 19.7 Å². The Morgan fingerprint density at radius 2 is 2.19 bits per heavy atom. The molecule has 3 rings (SSSR count). The van der Waals surface area contributed by atoms with Crippen LogP contribution in [-0.4, -0.2) is 41.6 Å². The lowest BCUT2D eigenvalue weighted by Gasteiger charge is -2.30. The lowest BCUT2D eigenvalue weighted by Crippen LogP contribution is -2.44. The first kappa shape index (κ1) is 14.5. The molecular formula is C15H15ClN2O2S. The fraction of sp³-hybridized carbons (Fsp3) is 0.333. The van der Waals surface area contributed by atoms with E-state index in [2.05, 4.69) is 4.98 Å². The van der Waals surface area contributed by atoms with Crippen LogP contribution in [0.1, 0.15) is 17.4 Å². The first-order valence-electron chi connectivity index (χ1n) is 6.76. The maximum absolute atomic E-state index is 12.4. The van der Waals surface area contributed by atoms with Crippen LogP contribution in [0.5, 0.6) is 0 Å². The van der Waals surface area contributed by atoms with Crippen LogP contribution < -0.4 is 0 Å². The van der Waals surface area contributed by atoms with Crippen molar-refractivity contribution in [3.05, 3.63) is 40.4 Å². The van der Waals surface area contributed by atoms with Crippen LogP contribution in [0.15, 0.2) is 29.6 Å². The third kappa shape index (κ3) is 3.26. The molecule has 1 aliphatic rings. The molecule has 6 heteroatoms. The van der Waals surface area contributed by atoms with Crippen molar-refractivity contribution < 1.29 is 9.53 Å². The number of halogens is 1. The number of thiazole rings is 1.